The molecule has 0 aliphatic carbocycles. The molecule has 0 atom stereocenters. The molecule has 30 heavy (non-hydrogen) atoms. The quantitative estimate of drug-likeness (QED) is 0.405. The Morgan fingerprint density at radius 2 is 1.60 bits per heavy atom. The summed E-state index contributed by atoms with van der Waals surface area (Å²) in [5.41, 5.74) is 2.57. The molecule has 0 spiro atoms. The van der Waals surface area contributed by atoms with E-state index in [1.54, 1.807) is 22.2 Å². The molecule has 0 aliphatic heterocycles. The number of rotatable bonds is 8. The smallest absolute Gasteiger partial charge is 0.247 e. The van der Waals surface area contributed by atoms with E-state index in [4.69, 9.17) is 0 Å². The Morgan fingerprint density at radius 3 is 2.23 bits per heavy atom. The van der Waals surface area contributed by atoms with E-state index >= 15 is 0 Å². The van der Waals surface area contributed by atoms with Gasteiger partial charge in [0, 0.05) is 26.3 Å². The molecule has 7 heteroatoms. The fourth-order valence-electron chi connectivity index (χ4n) is 3.35. The van der Waals surface area contributed by atoms with Gasteiger partial charge in [0.25, 0.3) is 0 Å². The van der Waals surface area contributed by atoms with Crippen molar-refractivity contribution < 1.29 is 8.42 Å². The molecule has 0 fully saturated rings. The van der Waals surface area contributed by atoms with Gasteiger partial charge in [-0.15, -0.1) is 11.3 Å². The highest BCUT2D eigenvalue weighted by atomic mass is 32.2. The Balaban J connectivity index is 1.70. The Kier molecular flexibility index (Phi) is 6.13. The van der Waals surface area contributed by atoms with E-state index in [-0.39, 0.29) is 4.90 Å². The van der Waals surface area contributed by atoms with Crippen LogP contribution >= 0.6 is 11.3 Å². The molecule has 0 N–H and O–H groups in total. The normalized spacial score (nSPS) is 11.8. The molecule has 0 bridgehead atoms. The van der Waals surface area contributed by atoms with Crippen LogP contribution in [0.25, 0.3) is 10.6 Å². The van der Waals surface area contributed by atoms with Crippen LogP contribution in [0.4, 0.5) is 0 Å². The predicted molar refractivity (Wildman–Crippen MR) is 121 cm³/mol. The van der Waals surface area contributed by atoms with Crippen molar-refractivity contribution in [3.8, 4) is 10.6 Å². The second-order valence-electron chi connectivity index (χ2n) is 7.05. The van der Waals surface area contributed by atoms with Crippen LogP contribution in [0, 0.1) is 0 Å². The summed E-state index contributed by atoms with van der Waals surface area (Å²) in [5.74, 6) is 0. The molecule has 5 nitrogen and oxygen atoms in total. The molecule has 0 radical (unpaired) electrons. The van der Waals surface area contributed by atoms with Gasteiger partial charge in [-0.3, -0.25) is 4.68 Å². The average Bonchev–Trinajstić information content (AvgIpc) is 3.42. The van der Waals surface area contributed by atoms with Gasteiger partial charge in [0.1, 0.15) is 10.6 Å². The van der Waals surface area contributed by atoms with Gasteiger partial charge in [0.05, 0.1) is 4.88 Å². The van der Waals surface area contributed by atoms with Gasteiger partial charge in [0.15, 0.2) is 0 Å². The molecule has 4 rings (SSSR count). The van der Waals surface area contributed by atoms with Gasteiger partial charge in [-0.1, -0.05) is 66.7 Å². The summed E-state index contributed by atoms with van der Waals surface area (Å²) in [6, 6.07) is 23.5. The van der Waals surface area contributed by atoms with Crippen LogP contribution in [0.2, 0.25) is 0 Å². The van der Waals surface area contributed by atoms with Gasteiger partial charge in [-0.2, -0.15) is 9.40 Å². The van der Waals surface area contributed by atoms with Crippen molar-refractivity contribution in [2.24, 2.45) is 7.05 Å². The molecular formula is C23H23N3O2S2. The SMILES string of the molecule is Cn1cc(S(=O)(=O)N(CCc2ccccc2)Cc2ccccc2)c(-c2cccs2)n1. The third-order valence-corrected chi connectivity index (χ3v) is 7.58. The molecule has 0 aliphatic rings. The van der Waals surface area contributed by atoms with Gasteiger partial charge in [0.2, 0.25) is 10.0 Å². The lowest BCUT2D eigenvalue weighted by Crippen LogP contribution is -2.32. The van der Waals surface area contributed by atoms with Crippen molar-refractivity contribution >= 4 is 21.4 Å². The maximum atomic E-state index is 13.8. The van der Waals surface area contributed by atoms with Crippen molar-refractivity contribution in [1.29, 1.82) is 0 Å². The maximum absolute atomic E-state index is 13.8. The van der Waals surface area contributed by atoms with Crippen LogP contribution in [0.15, 0.2) is 89.3 Å². The van der Waals surface area contributed by atoms with Crippen molar-refractivity contribution in [2.75, 3.05) is 6.54 Å². The Hall–Kier alpha value is -2.74. The minimum Gasteiger partial charge on any atom is -0.274 e. The predicted octanol–water partition coefficient (Wildman–Crippen LogP) is 4.58. The first kappa shape index (κ1) is 20.5. The molecule has 2 aromatic carbocycles. The highest BCUT2D eigenvalue weighted by Gasteiger charge is 2.30. The summed E-state index contributed by atoms with van der Waals surface area (Å²) in [6.07, 6.45) is 2.24. The third-order valence-electron chi connectivity index (χ3n) is 4.86. The lowest BCUT2D eigenvalue weighted by molar-refractivity contribution is 0.409. The molecule has 2 aromatic heterocycles. The number of hydrogen-bond donors (Lipinski definition) is 0. The van der Waals surface area contributed by atoms with Gasteiger partial charge < -0.3 is 0 Å². The number of nitrogens with zero attached hydrogens (tertiary/aromatic N) is 3. The summed E-state index contributed by atoms with van der Waals surface area (Å²) in [5, 5.41) is 6.38. The van der Waals surface area contributed by atoms with E-state index in [9.17, 15) is 8.42 Å². The number of benzene rings is 2. The van der Waals surface area contributed by atoms with Crippen molar-refractivity contribution in [3.05, 3.63) is 95.5 Å². The van der Waals surface area contributed by atoms with E-state index < -0.39 is 10.0 Å². The van der Waals surface area contributed by atoms with Crippen LogP contribution in [0.5, 0.6) is 0 Å². The molecule has 2 heterocycles. The topological polar surface area (TPSA) is 55.2 Å². The van der Waals surface area contributed by atoms with Crippen LogP contribution in [-0.4, -0.2) is 29.0 Å². The third kappa shape index (κ3) is 4.53. The van der Waals surface area contributed by atoms with Crippen LogP contribution < -0.4 is 0 Å². The highest BCUT2D eigenvalue weighted by molar-refractivity contribution is 7.89. The van der Waals surface area contributed by atoms with Crippen molar-refractivity contribution in [3.63, 3.8) is 0 Å². The molecule has 4 aromatic rings. The first-order valence-electron chi connectivity index (χ1n) is 9.69. The van der Waals surface area contributed by atoms with Gasteiger partial charge in [-0.25, -0.2) is 8.42 Å². The summed E-state index contributed by atoms with van der Waals surface area (Å²) in [6.45, 7) is 0.703. The minimum absolute atomic E-state index is 0.247. The lowest BCUT2D eigenvalue weighted by atomic mass is 10.1. The standard InChI is InChI=1S/C23H23N3O2S2/c1-25-18-22(23(24-25)21-13-8-16-29-21)30(27,28)26(17-20-11-6-3-7-12-20)15-14-19-9-4-2-5-10-19/h2-13,16,18H,14-15,17H2,1H3. The first-order chi connectivity index (χ1) is 14.5. The van der Waals surface area contributed by atoms with E-state index in [1.807, 2.05) is 78.2 Å². The zero-order valence-corrected chi connectivity index (χ0v) is 18.3. The molecule has 0 saturated carbocycles. The second kappa shape index (κ2) is 8.95. The van der Waals surface area contributed by atoms with Crippen molar-refractivity contribution in [2.45, 2.75) is 17.9 Å². The van der Waals surface area contributed by atoms with E-state index in [1.165, 1.54) is 11.3 Å². The Morgan fingerprint density at radius 1 is 0.933 bits per heavy atom. The van der Waals surface area contributed by atoms with Gasteiger partial charge >= 0.3 is 0 Å². The summed E-state index contributed by atoms with van der Waals surface area (Å²) < 4.78 is 30.7. The summed E-state index contributed by atoms with van der Waals surface area (Å²) in [7, 11) is -2.00. The van der Waals surface area contributed by atoms with E-state index in [2.05, 4.69) is 5.10 Å². The maximum Gasteiger partial charge on any atom is 0.247 e. The fourth-order valence-corrected chi connectivity index (χ4v) is 5.75. The second-order valence-corrected chi connectivity index (χ2v) is 9.91. The van der Waals surface area contributed by atoms with Crippen LogP contribution in [0.3, 0.4) is 0 Å². The molecular weight excluding hydrogens is 414 g/mol. The van der Waals surface area contributed by atoms with Crippen molar-refractivity contribution in [1.82, 2.24) is 14.1 Å². The number of aromatic nitrogens is 2. The first-order valence-corrected chi connectivity index (χ1v) is 12.0. The highest BCUT2D eigenvalue weighted by Crippen LogP contribution is 2.31. The Labute approximate surface area is 181 Å². The minimum atomic E-state index is -3.75. The lowest BCUT2D eigenvalue weighted by Gasteiger charge is -2.22. The van der Waals surface area contributed by atoms with Crippen LogP contribution in [-0.2, 0) is 30.0 Å². The van der Waals surface area contributed by atoms with E-state index in [0.717, 1.165) is 16.0 Å². The fraction of sp³-hybridized carbons (Fsp3) is 0.174. The number of hydrogen-bond acceptors (Lipinski definition) is 4. The van der Waals surface area contributed by atoms with E-state index in [0.29, 0.717) is 25.2 Å². The molecule has 154 valence electrons. The molecule has 0 saturated heterocycles. The zero-order chi connectivity index (χ0) is 21.0. The summed E-state index contributed by atoms with van der Waals surface area (Å²) >= 11 is 1.49. The number of aryl methyl sites for hydroxylation is 1. The van der Waals surface area contributed by atoms with Gasteiger partial charge in [-0.05, 0) is 29.0 Å². The largest absolute Gasteiger partial charge is 0.274 e. The number of sulfonamides is 1. The van der Waals surface area contributed by atoms with Crippen LogP contribution in [0.1, 0.15) is 11.1 Å². The molecule has 0 amide bonds. The monoisotopic (exact) mass is 437 g/mol. The number of thiophene rings is 1. The average molecular weight is 438 g/mol. The summed E-state index contributed by atoms with van der Waals surface area (Å²) in [4.78, 5) is 1.09. The Bertz CT molecular complexity index is 1190. The zero-order valence-electron chi connectivity index (χ0n) is 16.7. The molecule has 0 unspecified atom stereocenters.